The molecule has 0 unspecified atom stereocenters. The maximum Gasteiger partial charge on any atom is 0.226 e. The first kappa shape index (κ1) is 18.3. The Balaban J connectivity index is 2.06. The molecule has 1 saturated carbocycles. The molecule has 0 atom stereocenters. The molecule has 1 aliphatic rings. The van der Waals surface area contributed by atoms with Gasteiger partial charge in [-0.2, -0.15) is 0 Å². The van der Waals surface area contributed by atoms with Gasteiger partial charge in [-0.1, -0.05) is 32.1 Å². The third-order valence-electron chi connectivity index (χ3n) is 4.19. The number of hydrogen-bond acceptors (Lipinski definition) is 2. The molecule has 122 valence electrons. The molecule has 0 aromatic carbocycles. The Bertz CT molecular complexity index is 339. The summed E-state index contributed by atoms with van der Waals surface area (Å²) >= 11 is 5.74. The van der Waals surface area contributed by atoms with Crippen LogP contribution in [0.25, 0.3) is 0 Å². The van der Waals surface area contributed by atoms with E-state index in [9.17, 15) is 9.59 Å². The van der Waals surface area contributed by atoms with Crippen LogP contribution in [0.1, 0.15) is 58.8 Å². The quantitative estimate of drug-likeness (QED) is 0.534. The van der Waals surface area contributed by atoms with Gasteiger partial charge in [0.15, 0.2) is 0 Å². The van der Waals surface area contributed by atoms with E-state index in [2.05, 4.69) is 10.6 Å². The maximum absolute atomic E-state index is 11.8. The van der Waals surface area contributed by atoms with Crippen LogP contribution in [-0.2, 0) is 9.59 Å². The van der Waals surface area contributed by atoms with E-state index in [0.717, 1.165) is 12.3 Å². The molecular formula is C16H29ClN2O2. The van der Waals surface area contributed by atoms with Crippen molar-refractivity contribution in [3.05, 3.63) is 0 Å². The molecule has 2 N–H and O–H groups in total. The standard InChI is InChI=1S/C16H29ClN2O2/c1-16(2,12-17)15(21)19-11-10-18-14(20)9-8-13-6-4-3-5-7-13/h13H,3-12H2,1-2H3,(H,18,20)(H,19,21). The average molecular weight is 317 g/mol. The van der Waals surface area contributed by atoms with Gasteiger partial charge >= 0.3 is 0 Å². The van der Waals surface area contributed by atoms with E-state index >= 15 is 0 Å². The topological polar surface area (TPSA) is 58.2 Å². The minimum atomic E-state index is -0.563. The van der Waals surface area contributed by atoms with Gasteiger partial charge in [0.2, 0.25) is 11.8 Å². The van der Waals surface area contributed by atoms with Crippen LogP contribution in [0.5, 0.6) is 0 Å². The zero-order valence-electron chi connectivity index (χ0n) is 13.3. The molecule has 21 heavy (non-hydrogen) atoms. The molecular weight excluding hydrogens is 288 g/mol. The lowest BCUT2D eigenvalue weighted by molar-refractivity contribution is -0.128. The van der Waals surface area contributed by atoms with Crippen molar-refractivity contribution in [2.75, 3.05) is 19.0 Å². The summed E-state index contributed by atoms with van der Waals surface area (Å²) in [5.41, 5.74) is -0.563. The smallest absolute Gasteiger partial charge is 0.226 e. The van der Waals surface area contributed by atoms with Gasteiger partial charge in [0.25, 0.3) is 0 Å². The Morgan fingerprint density at radius 1 is 1.10 bits per heavy atom. The molecule has 1 fully saturated rings. The van der Waals surface area contributed by atoms with Crippen LogP contribution in [0.4, 0.5) is 0 Å². The van der Waals surface area contributed by atoms with E-state index in [1.54, 1.807) is 13.8 Å². The third-order valence-corrected chi connectivity index (χ3v) is 4.85. The SMILES string of the molecule is CC(C)(CCl)C(=O)NCCNC(=O)CCC1CCCCC1. The Morgan fingerprint density at radius 2 is 1.71 bits per heavy atom. The number of carbonyl (C=O) groups is 2. The molecule has 1 rings (SSSR count). The van der Waals surface area contributed by atoms with Crippen molar-refractivity contribution in [1.29, 1.82) is 0 Å². The van der Waals surface area contributed by atoms with Crippen LogP contribution in [0.15, 0.2) is 0 Å². The maximum atomic E-state index is 11.8. The highest BCUT2D eigenvalue weighted by Gasteiger charge is 2.25. The van der Waals surface area contributed by atoms with Crippen LogP contribution < -0.4 is 10.6 Å². The van der Waals surface area contributed by atoms with Crippen LogP contribution in [-0.4, -0.2) is 30.8 Å². The van der Waals surface area contributed by atoms with E-state index < -0.39 is 5.41 Å². The van der Waals surface area contributed by atoms with Crippen molar-refractivity contribution < 1.29 is 9.59 Å². The number of halogens is 1. The molecule has 0 radical (unpaired) electrons. The lowest BCUT2D eigenvalue weighted by Gasteiger charge is -2.21. The summed E-state index contributed by atoms with van der Waals surface area (Å²) in [5.74, 6) is 1.03. The van der Waals surface area contributed by atoms with E-state index in [4.69, 9.17) is 11.6 Å². The summed E-state index contributed by atoms with van der Waals surface area (Å²) in [6.07, 6.45) is 8.13. The minimum Gasteiger partial charge on any atom is -0.354 e. The van der Waals surface area contributed by atoms with Gasteiger partial charge in [-0.05, 0) is 26.2 Å². The van der Waals surface area contributed by atoms with Crippen LogP contribution in [0.2, 0.25) is 0 Å². The molecule has 0 aliphatic heterocycles. The highest BCUT2D eigenvalue weighted by Crippen LogP contribution is 2.27. The summed E-state index contributed by atoms with van der Waals surface area (Å²) in [4.78, 5) is 23.5. The van der Waals surface area contributed by atoms with Crippen molar-refractivity contribution >= 4 is 23.4 Å². The number of nitrogens with one attached hydrogen (secondary N) is 2. The Morgan fingerprint density at radius 3 is 2.33 bits per heavy atom. The summed E-state index contributed by atoms with van der Waals surface area (Å²) in [6.45, 7) is 4.54. The highest BCUT2D eigenvalue weighted by atomic mass is 35.5. The zero-order valence-corrected chi connectivity index (χ0v) is 14.1. The fourth-order valence-electron chi connectivity index (χ4n) is 2.58. The monoisotopic (exact) mass is 316 g/mol. The van der Waals surface area contributed by atoms with Crippen molar-refractivity contribution in [3.63, 3.8) is 0 Å². The molecule has 5 heteroatoms. The second-order valence-electron chi connectivity index (χ2n) is 6.67. The van der Waals surface area contributed by atoms with Gasteiger partial charge in [0.1, 0.15) is 0 Å². The Hall–Kier alpha value is -0.770. The number of carbonyl (C=O) groups excluding carboxylic acids is 2. The molecule has 4 nitrogen and oxygen atoms in total. The summed E-state index contributed by atoms with van der Waals surface area (Å²) in [7, 11) is 0. The summed E-state index contributed by atoms with van der Waals surface area (Å²) in [5, 5.41) is 5.66. The first-order valence-electron chi connectivity index (χ1n) is 8.06. The van der Waals surface area contributed by atoms with Crippen molar-refractivity contribution in [2.24, 2.45) is 11.3 Å². The highest BCUT2D eigenvalue weighted by molar-refractivity contribution is 6.19. The van der Waals surface area contributed by atoms with Crippen molar-refractivity contribution in [2.45, 2.75) is 58.8 Å². The fourth-order valence-corrected chi connectivity index (χ4v) is 2.70. The molecule has 1 aliphatic carbocycles. The van der Waals surface area contributed by atoms with E-state index in [-0.39, 0.29) is 17.7 Å². The van der Waals surface area contributed by atoms with Crippen LogP contribution in [0.3, 0.4) is 0 Å². The van der Waals surface area contributed by atoms with Crippen molar-refractivity contribution in [1.82, 2.24) is 10.6 Å². The van der Waals surface area contributed by atoms with E-state index in [0.29, 0.717) is 19.5 Å². The Kier molecular flexibility index (Phi) is 8.09. The van der Waals surface area contributed by atoms with E-state index in [1.807, 2.05) is 0 Å². The molecule has 2 amide bonds. The Labute approximate surface area is 133 Å². The van der Waals surface area contributed by atoms with Crippen molar-refractivity contribution in [3.8, 4) is 0 Å². The predicted molar refractivity (Wildman–Crippen MR) is 86.3 cm³/mol. The van der Waals surface area contributed by atoms with Gasteiger partial charge in [-0.15, -0.1) is 11.6 Å². The minimum absolute atomic E-state index is 0.0750. The van der Waals surface area contributed by atoms with Gasteiger partial charge in [-0.3, -0.25) is 9.59 Å². The van der Waals surface area contributed by atoms with Crippen LogP contribution in [0, 0.1) is 11.3 Å². The summed E-state index contributed by atoms with van der Waals surface area (Å²) in [6, 6.07) is 0. The normalized spacial score (nSPS) is 16.5. The summed E-state index contributed by atoms with van der Waals surface area (Å²) < 4.78 is 0. The molecule has 0 saturated heterocycles. The molecule has 0 spiro atoms. The molecule has 0 aromatic heterocycles. The van der Waals surface area contributed by atoms with Gasteiger partial charge in [-0.25, -0.2) is 0 Å². The number of amides is 2. The van der Waals surface area contributed by atoms with Gasteiger partial charge in [0.05, 0.1) is 5.41 Å². The predicted octanol–water partition coefficient (Wildman–Crippen LogP) is 2.84. The lowest BCUT2D eigenvalue weighted by Crippen LogP contribution is -2.41. The molecule has 0 heterocycles. The number of hydrogen-bond donors (Lipinski definition) is 2. The largest absolute Gasteiger partial charge is 0.354 e. The number of rotatable bonds is 8. The zero-order chi connectivity index (χ0) is 15.7. The second kappa shape index (κ2) is 9.29. The fraction of sp³-hybridized carbons (Fsp3) is 0.875. The number of alkyl halides is 1. The first-order valence-corrected chi connectivity index (χ1v) is 8.60. The first-order chi connectivity index (χ1) is 9.95. The van der Waals surface area contributed by atoms with Gasteiger partial charge < -0.3 is 10.6 Å². The lowest BCUT2D eigenvalue weighted by atomic mass is 9.86. The second-order valence-corrected chi connectivity index (χ2v) is 6.93. The van der Waals surface area contributed by atoms with Gasteiger partial charge in [0, 0.05) is 25.4 Å². The molecule has 0 aromatic rings. The third kappa shape index (κ3) is 7.16. The molecule has 0 bridgehead atoms. The van der Waals surface area contributed by atoms with E-state index in [1.165, 1.54) is 32.1 Å². The van der Waals surface area contributed by atoms with Crippen LogP contribution >= 0.6 is 11.6 Å². The average Bonchev–Trinajstić information content (AvgIpc) is 2.50.